The minimum absolute atomic E-state index is 0.548. The van der Waals surface area contributed by atoms with E-state index < -0.39 is 5.91 Å². The van der Waals surface area contributed by atoms with Gasteiger partial charge in [-0.15, -0.1) is 0 Å². The maximum atomic E-state index is 11.0. The van der Waals surface area contributed by atoms with Crippen molar-refractivity contribution in [2.75, 3.05) is 11.9 Å². The number of aryl methyl sites for hydroxylation is 1. The summed E-state index contributed by atoms with van der Waals surface area (Å²) in [6, 6.07) is 16.1. The molecule has 128 valence electrons. The van der Waals surface area contributed by atoms with Gasteiger partial charge in [0.1, 0.15) is 0 Å². The highest BCUT2D eigenvalue weighted by Crippen LogP contribution is 2.22. The summed E-state index contributed by atoms with van der Waals surface area (Å²) in [5.74, 6) is -0.548. The van der Waals surface area contributed by atoms with Crippen molar-refractivity contribution < 1.29 is 10.0 Å². The first kappa shape index (κ1) is 16.8. The molecule has 1 aromatic heterocycles. The first-order valence-corrected chi connectivity index (χ1v) is 8.19. The predicted molar refractivity (Wildman–Crippen MR) is 101 cm³/mol. The zero-order valence-corrected chi connectivity index (χ0v) is 14.0. The van der Waals surface area contributed by atoms with Gasteiger partial charge in [0.15, 0.2) is 0 Å². The van der Waals surface area contributed by atoms with E-state index in [1.54, 1.807) is 11.6 Å². The molecule has 0 saturated carbocycles. The quantitative estimate of drug-likeness (QED) is 0.315. The van der Waals surface area contributed by atoms with Crippen LogP contribution in [-0.4, -0.2) is 22.6 Å². The number of rotatable bonds is 6. The normalized spacial score (nSPS) is 11.1. The highest BCUT2D eigenvalue weighted by atomic mass is 16.5. The van der Waals surface area contributed by atoms with E-state index in [1.807, 2.05) is 30.3 Å². The van der Waals surface area contributed by atoms with Gasteiger partial charge in [-0.2, -0.15) is 0 Å². The number of H-pyrrole nitrogens is 1. The Balaban J connectivity index is 1.65. The third-order valence-corrected chi connectivity index (χ3v) is 4.16. The molecule has 25 heavy (non-hydrogen) atoms. The van der Waals surface area contributed by atoms with Gasteiger partial charge in [-0.25, -0.2) is 5.48 Å². The van der Waals surface area contributed by atoms with Crippen LogP contribution in [0.4, 0.5) is 5.69 Å². The second-order valence-electron chi connectivity index (χ2n) is 5.89. The Hall–Kier alpha value is -3.05. The Morgan fingerprint density at radius 3 is 2.88 bits per heavy atom. The number of hydroxylamine groups is 1. The number of amides is 1. The number of carbonyl (C=O) groups is 1. The topological polar surface area (TPSA) is 77.2 Å². The third kappa shape index (κ3) is 4.08. The molecule has 0 aliphatic heterocycles. The molecule has 0 fully saturated rings. The van der Waals surface area contributed by atoms with E-state index in [0.717, 1.165) is 24.2 Å². The number of anilines is 1. The maximum Gasteiger partial charge on any atom is 0.267 e. The number of aromatic nitrogens is 1. The van der Waals surface area contributed by atoms with Gasteiger partial charge in [-0.05, 0) is 48.7 Å². The Labute approximate surface area is 146 Å². The molecule has 0 aliphatic rings. The second kappa shape index (κ2) is 7.68. The van der Waals surface area contributed by atoms with Gasteiger partial charge in [0.25, 0.3) is 5.91 Å². The van der Waals surface area contributed by atoms with E-state index in [9.17, 15) is 4.79 Å². The summed E-state index contributed by atoms with van der Waals surface area (Å²) in [5.41, 5.74) is 7.16. The Kier molecular flexibility index (Phi) is 5.16. The minimum atomic E-state index is -0.548. The zero-order chi connectivity index (χ0) is 17.6. The molecule has 1 heterocycles. The van der Waals surface area contributed by atoms with Crippen LogP contribution in [0, 0.1) is 6.92 Å². The van der Waals surface area contributed by atoms with Crippen molar-refractivity contribution in [3.05, 3.63) is 71.4 Å². The van der Waals surface area contributed by atoms with E-state index in [-0.39, 0.29) is 0 Å². The molecule has 3 rings (SSSR count). The van der Waals surface area contributed by atoms with Gasteiger partial charge in [0.2, 0.25) is 0 Å². The van der Waals surface area contributed by atoms with Gasteiger partial charge < -0.3 is 10.3 Å². The smallest absolute Gasteiger partial charge is 0.267 e. The van der Waals surface area contributed by atoms with Gasteiger partial charge >= 0.3 is 0 Å². The first-order valence-electron chi connectivity index (χ1n) is 8.19. The highest BCUT2D eigenvalue weighted by molar-refractivity contribution is 5.91. The number of aromatic amines is 1. The maximum absolute atomic E-state index is 11.0. The fourth-order valence-electron chi connectivity index (χ4n) is 2.95. The lowest BCUT2D eigenvalue weighted by molar-refractivity contribution is -0.124. The lowest BCUT2D eigenvalue weighted by Crippen LogP contribution is -2.14. The van der Waals surface area contributed by atoms with Crippen LogP contribution in [-0.2, 0) is 11.2 Å². The molecule has 5 nitrogen and oxygen atoms in total. The summed E-state index contributed by atoms with van der Waals surface area (Å²) < 4.78 is 0. The van der Waals surface area contributed by atoms with Gasteiger partial charge in [0.05, 0.1) is 0 Å². The van der Waals surface area contributed by atoms with Crippen molar-refractivity contribution in [2.24, 2.45) is 0 Å². The molecule has 0 unspecified atom stereocenters. The molecule has 0 atom stereocenters. The lowest BCUT2D eigenvalue weighted by atomic mass is 10.1. The molecular formula is C20H21N3O2. The van der Waals surface area contributed by atoms with Gasteiger partial charge in [-0.1, -0.05) is 30.3 Å². The molecule has 0 bridgehead atoms. The molecule has 0 saturated heterocycles. The number of nitrogens with one attached hydrogen (secondary N) is 3. The molecule has 0 spiro atoms. The van der Waals surface area contributed by atoms with Crippen LogP contribution in [0.2, 0.25) is 0 Å². The van der Waals surface area contributed by atoms with Gasteiger partial charge in [-0.3, -0.25) is 10.0 Å². The van der Waals surface area contributed by atoms with Crippen LogP contribution in [0.15, 0.2) is 54.6 Å². The van der Waals surface area contributed by atoms with E-state index in [1.165, 1.54) is 28.2 Å². The largest absolute Gasteiger partial charge is 0.385 e. The summed E-state index contributed by atoms with van der Waals surface area (Å²) in [6.45, 7) is 2.92. The van der Waals surface area contributed by atoms with Crippen LogP contribution in [0.5, 0.6) is 0 Å². The number of carbonyl (C=O) groups excluding carboxylic acids is 1. The summed E-state index contributed by atoms with van der Waals surface area (Å²) in [5, 5.41) is 13.2. The van der Waals surface area contributed by atoms with Crippen LogP contribution in [0.1, 0.15) is 16.8 Å². The van der Waals surface area contributed by atoms with E-state index in [2.05, 4.69) is 35.4 Å². The number of hydrogen-bond donors (Lipinski definition) is 4. The van der Waals surface area contributed by atoms with Crippen molar-refractivity contribution in [3.63, 3.8) is 0 Å². The van der Waals surface area contributed by atoms with Crippen molar-refractivity contribution in [1.82, 2.24) is 10.5 Å². The van der Waals surface area contributed by atoms with Crippen LogP contribution >= 0.6 is 0 Å². The second-order valence-corrected chi connectivity index (χ2v) is 5.89. The third-order valence-electron chi connectivity index (χ3n) is 4.16. The molecule has 0 radical (unpaired) electrons. The Morgan fingerprint density at radius 1 is 1.20 bits per heavy atom. The van der Waals surface area contributed by atoms with Crippen molar-refractivity contribution in [3.8, 4) is 0 Å². The van der Waals surface area contributed by atoms with Crippen molar-refractivity contribution in [2.45, 2.75) is 13.3 Å². The van der Waals surface area contributed by atoms with Gasteiger partial charge in [0, 0.05) is 34.9 Å². The predicted octanol–water partition coefficient (Wildman–Crippen LogP) is 3.65. The van der Waals surface area contributed by atoms with E-state index >= 15 is 0 Å². The number of fused-ring (bicyclic) bond motifs is 1. The van der Waals surface area contributed by atoms with E-state index in [4.69, 9.17) is 5.21 Å². The fraction of sp³-hybridized carbons (Fsp3) is 0.150. The molecular weight excluding hydrogens is 314 g/mol. The van der Waals surface area contributed by atoms with Crippen LogP contribution < -0.4 is 10.8 Å². The fourth-order valence-corrected chi connectivity index (χ4v) is 2.95. The number of para-hydroxylation sites is 1. The zero-order valence-electron chi connectivity index (χ0n) is 14.0. The van der Waals surface area contributed by atoms with Crippen molar-refractivity contribution in [1.29, 1.82) is 0 Å². The number of hydrogen-bond acceptors (Lipinski definition) is 3. The standard InChI is InChI=1S/C20H21N3O2/c1-14-17(18-7-2-3-8-19(18)22-14)11-12-21-16-6-4-5-15(13-16)9-10-20(24)23-25/h2-10,13,21-22,25H,11-12H2,1H3,(H,23,24)/b10-9+. The monoisotopic (exact) mass is 335 g/mol. The number of benzene rings is 2. The summed E-state index contributed by atoms with van der Waals surface area (Å²) in [4.78, 5) is 14.5. The van der Waals surface area contributed by atoms with Crippen LogP contribution in [0.3, 0.4) is 0 Å². The molecule has 2 aromatic carbocycles. The van der Waals surface area contributed by atoms with Crippen molar-refractivity contribution >= 4 is 28.6 Å². The Bertz CT molecular complexity index is 912. The lowest BCUT2D eigenvalue weighted by Gasteiger charge is -2.08. The molecule has 0 aliphatic carbocycles. The molecule has 3 aromatic rings. The highest BCUT2D eigenvalue weighted by Gasteiger charge is 2.07. The summed E-state index contributed by atoms with van der Waals surface area (Å²) in [7, 11) is 0. The van der Waals surface area contributed by atoms with E-state index in [0.29, 0.717) is 0 Å². The SMILES string of the molecule is Cc1[nH]c2ccccc2c1CCNc1cccc(/C=C/C(=O)NO)c1. The van der Waals surface area contributed by atoms with Crippen LogP contribution in [0.25, 0.3) is 17.0 Å². The Morgan fingerprint density at radius 2 is 2.04 bits per heavy atom. The average Bonchev–Trinajstić information content (AvgIpc) is 2.95. The molecule has 5 heteroatoms. The molecule has 1 amide bonds. The first-order chi connectivity index (χ1) is 12.2. The molecule has 4 N–H and O–H groups in total. The summed E-state index contributed by atoms with van der Waals surface area (Å²) >= 11 is 0. The summed E-state index contributed by atoms with van der Waals surface area (Å²) in [6.07, 6.45) is 3.86. The minimum Gasteiger partial charge on any atom is -0.385 e. The average molecular weight is 335 g/mol.